The predicted molar refractivity (Wildman–Crippen MR) is 80.6 cm³/mol. The molecule has 0 saturated carbocycles. The highest BCUT2D eigenvalue weighted by molar-refractivity contribution is 5.58. The van der Waals surface area contributed by atoms with E-state index < -0.39 is 6.43 Å². The van der Waals surface area contributed by atoms with Crippen molar-refractivity contribution in [2.75, 3.05) is 11.9 Å². The van der Waals surface area contributed by atoms with Gasteiger partial charge < -0.3 is 5.32 Å². The van der Waals surface area contributed by atoms with Gasteiger partial charge in [0.2, 0.25) is 0 Å². The van der Waals surface area contributed by atoms with Crippen LogP contribution in [0.1, 0.15) is 38.0 Å². The van der Waals surface area contributed by atoms with E-state index in [0.717, 1.165) is 30.9 Å². The Bertz CT molecular complexity index is 576. The fraction of sp³-hybridized carbons (Fsp3) is 0.375. The maximum atomic E-state index is 12.8. The van der Waals surface area contributed by atoms with Gasteiger partial charge in [0.05, 0.1) is 0 Å². The lowest BCUT2D eigenvalue weighted by Gasteiger charge is -2.09. The van der Waals surface area contributed by atoms with Gasteiger partial charge >= 0.3 is 0 Å². The summed E-state index contributed by atoms with van der Waals surface area (Å²) in [5, 5.41) is 3.15. The number of alkyl halides is 2. The first-order valence-corrected chi connectivity index (χ1v) is 7.14. The van der Waals surface area contributed by atoms with Crippen LogP contribution in [0.2, 0.25) is 0 Å². The largest absolute Gasteiger partial charge is 0.370 e. The van der Waals surface area contributed by atoms with Crippen LogP contribution in [-0.2, 0) is 6.42 Å². The molecule has 3 nitrogen and oxygen atoms in total. The second kappa shape index (κ2) is 7.11. The molecule has 1 aromatic heterocycles. The van der Waals surface area contributed by atoms with Crippen molar-refractivity contribution >= 4 is 5.82 Å². The zero-order chi connectivity index (χ0) is 15.2. The number of benzene rings is 1. The zero-order valence-corrected chi connectivity index (χ0v) is 12.2. The Labute approximate surface area is 123 Å². The summed E-state index contributed by atoms with van der Waals surface area (Å²) in [4.78, 5) is 8.89. The molecule has 0 fully saturated rings. The quantitative estimate of drug-likeness (QED) is 0.853. The third-order valence-electron chi connectivity index (χ3n) is 3.04. The number of hydrogen-bond acceptors (Lipinski definition) is 3. The Morgan fingerprint density at radius 3 is 2.62 bits per heavy atom. The van der Waals surface area contributed by atoms with Gasteiger partial charge in [-0.05, 0) is 19.4 Å². The Morgan fingerprint density at radius 2 is 1.95 bits per heavy atom. The number of aromatic nitrogens is 2. The molecule has 2 aromatic rings. The molecule has 0 unspecified atom stereocenters. The summed E-state index contributed by atoms with van der Waals surface area (Å²) in [6.45, 7) is 4.81. The molecule has 0 aliphatic rings. The Balaban J connectivity index is 2.43. The van der Waals surface area contributed by atoms with Gasteiger partial charge in [-0.1, -0.05) is 31.5 Å². The van der Waals surface area contributed by atoms with E-state index in [-0.39, 0.29) is 5.56 Å². The molecule has 5 heteroatoms. The van der Waals surface area contributed by atoms with Gasteiger partial charge in [0.15, 0.2) is 5.82 Å². The highest BCUT2D eigenvalue weighted by atomic mass is 19.3. The summed E-state index contributed by atoms with van der Waals surface area (Å²) in [6, 6.07) is 8.14. The van der Waals surface area contributed by atoms with E-state index in [1.807, 2.05) is 13.0 Å². The minimum absolute atomic E-state index is 0.0120. The van der Waals surface area contributed by atoms with Crippen LogP contribution in [0.5, 0.6) is 0 Å². The van der Waals surface area contributed by atoms with E-state index in [1.54, 1.807) is 12.1 Å². The Morgan fingerprint density at radius 1 is 1.14 bits per heavy atom. The van der Waals surface area contributed by atoms with E-state index >= 15 is 0 Å². The smallest absolute Gasteiger partial charge is 0.263 e. The summed E-state index contributed by atoms with van der Waals surface area (Å²) < 4.78 is 25.6. The molecule has 0 radical (unpaired) electrons. The van der Waals surface area contributed by atoms with Crippen molar-refractivity contribution < 1.29 is 8.78 Å². The lowest BCUT2D eigenvalue weighted by molar-refractivity contribution is 0.151. The molecule has 0 aliphatic heterocycles. The van der Waals surface area contributed by atoms with Crippen LogP contribution in [0.4, 0.5) is 14.6 Å². The van der Waals surface area contributed by atoms with E-state index in [2.05, 4.69) is 22.2 Å². The van der Waals surface area contributed by atoms with E-state index in [9.17, 15) is 8.78 Å². The van der Waals surface area contributed by atoms with Crippen LogP contribution in [-0.4, -0.2) is 16.5 Å². The third-order valence-corrected chi connectivity index (χ3v) is 3.04. The van der Waals surface area contributed by atoms with Gasteiger partial charge in [-0.25, -0.2) is 18.7 Å². The fourth-order valence-corrected chi connectivity index (χ4v) is 2.10. The first-order chi connectivity index (χ1) is 10.1. The van der Waals surface area contributed by atoms with Gasteiger partial charge in [0.1, 0.15) is 5.82 Å². The molecule has 0 saturated heterocycles. The highest BCUT2D eigenvalue weighted by Crippen LogP contribution is 2.25. The number of hydrogen-bond donors (Lipinski definition) is 1. The van der Waals surface area contributed by atoms with Crippen molar-refractivity contribution in [3.8, 4) is 11.4 Å². The van der Waals surface area contributed by atoms with Crippen LogP contribution in [0.25, 0.3) is 11.4 Å². The lowest BCUT2D eigenvalue weighted by atomic mass is 10.1. The predicted octanol–water partition coefficient (Wildman–Crippen LogP) is 4.47. The van der Waals surface area contributed by atoms with Gasteiger partial charge in [0, 0.05) is 29.4 Å². The van der Waals surface area contributed by atoms with Gasteiger partial charge in [0.25, 0.3) is 6.43 Å². The number of rotatable bonds is 6. The maximum Gasteiger partial charge on any atom is 0.263 e. The van der Waals surface area contributed by atoms with E-state index in [0.29, 0.717) is 11.4 Å². The number of nitrogens with zero attached hydrogens (tertiary/aromatic N) is 2. The fourth-order valence-electron chi connectivity index (χ4n) is 2.10. The minimum atomic E-state index is -2.49. The van der Waals surface area contributed by atoms with Crippen LogP contribution >= 0.6 is 0 Å². The Kier molecular flexibility index (Phi) is 5.20. The van der Waals surface area contributed by atoms with Crippen LogP contribution in [0, 0.1) is 0 Å². The molecule has 1 heterocycles. The standard InChI is InChI=1S/C16H19F2N3/c1-3-6-13-10-14(19-4-2)21-16(20-13)12-8-5-7-11(9-12)15(17)18/h5,7-10,15H,3-4,6H2,1-2H3,(H,19,20,21). The molecule has 112 valence electrons. The molecule has 0 aliphatic carbocycles. The normalized spacial score (nSPS) is 10.9. The molecule has 0 atom stereocenters. The molecule has 0 amide bonds. The molecule has 0 spiro atoms. The Hall–Kier alpha value is -2.04. The van der Waals surface area contributed by atoms with Crippen LogP contribution in [0.15, 0.2) is 30.3 Å². The number of aryl methyl sites for hydroxylation is 1. The van der Waals surface area contributed by atoms with Gasteiger partial charge in [-0.3, -0.25) is 0 Å². The molecule has 0 bridgehead atoms. The third kappa shape index (κ3) is 3.97. The van der Waals surface area contributed by atoms with Crippen molar-refractivity contribution in [3.05, 3.63) is 41.6 Å². The summed E-state index contributed by atoms with van der Waals surface area (Å²) in [7, 11) is 0. The van der Waals surface area contributed by atoms with Crippen molar-refractivity contribution in [2.24, 2.45) is 0 Å². The van der Waals surface area contributed by atoms with Crippen molar-refractivity contribution in [2.45, 2.75) is 33.1 Å². The summed E-state index contributed by atoms with van der Waals surface area (Å²) in [6.07, 6.45) is -0.682. The van der Waals surface area contributed by atoms with E-state index in [4.69, 9.17) is 0 Å². The molecular weight excluding hydrogens is 272 g/mol. The van der Waals surface area contributed by atoms with Gasteiger partial charge in [-0.15, -0.1) is 0 Å². The summed E-state index contributed by atoms with van der Waals surface area (Å²) in [5.74, 6) is 1.22. The molecule has 2 rings (SSSR count). The molecular formula is C16H19F2N3. The maximum absolute atomic E-state index is 12.8. The van der Waals surface area contributed by atoms with Crippen molar-refractivity contribution in [3.63, 3.8) is 0 Å². The lowest BCUT2D eigenvalue weighted by Crippen LogP contribution is -2.04. The van der Waals surface area contributed by atoms with Crippen molar-refractivity contribution in [1.82, 2.24) is 9.97 Å². The molecule has 1 N–H and O–H groups in total. The van der Waals surface area contributed by atoms with Crippen LogP contribution in [0.3, 0.4) is 0 Å². The second-order valence-electron chi connectivity index (χ2n) is 4.77. The number of halogens is 2. The zero-order valence-electron chi connectivity index (χ0n) is 12.2. The monoisotopic (exact) mass is 291 g/mol. The topological polar surface area (TPSA) is 37.8 Å². The average Bonchev–Trinajstić information content (AvgIpc) is 2.48. The second-order valence-corrected chi connectivity index (χ2v) is 4.77. The molecule has 21 heavy (non-hydrogen) atoms. The first kappa shape index (κ1) is 15.4. The number of anilines is 1. The minimum Gasteiger partial charge on any atom is -0.370 e. The van der Waals surface area contributed by atoms with E-state index in [1.165, 1.54) is 12.1 Å². The molecule has 1 aromatic carbocycles. The van der Waals surface area contributed by atoms with Gasteiger partial charge in [-0.2, -0.15) is 0 Å². The SMILES string of the molecule is CCCc1cc(NCC)nc(-c2cccc(C(F)F)c2)n1. The van der Waals surface area contributed by atoms with Crippen molar-refractivity contribution in [1.29, 1.82) is 0 Å². The highest BCUT2D eigenvalue weighted by Gasteiger charge is 2.11. The summed E-state index contributed by atoms with van der Waals surface area (Å²) in [5.41, 5.74) is 1.52. The first-order valence-electron chi connectivity index (χ1n) is 7.14. The average molecular weight is 291 g/mol. The van der Waals surface area contributed by atoms with Crippen LogP contribution < -0.4 is 5.32 Å². The number of nitrogens with one attached hydrogen (secondary N) is 1. The summed E-state index contributed by atoms with van der Waals surface area (Å²) >= 11 is 0.